The lowest BCUT2D eigenvalue weighted by Crippen LogP contribution is -2.29. The van der Waals surface area contributed by atoms with Crippen LogP contribution in [0.3, 0.4) is 0 Å². The number of nitrogens with zero attached hydrogens (tertiary/aromatic N) is 1. The molecule has 1 rings (SSSR count). The summed E-state index contributed by atoms with van der Waals surface area (Å²) in [7, 11) is 0. The number of hydrogen-bond acceptors (Lipinski definition) is 4. The second kappa shape index (κ2) is 5.60. The van der Waals surface area contributed by atoms with E-state index in [1.807, 2.05) is 6.92 Å². The highest BCUT2D eigenvalue weighted by atomic mass is 32.1. The van der Waals surface area contributed by atoms with Gasteiger partial charge in [-0.1, -0.05) is 6.92 Å². The smallest absolute Gasteiger partial charge is 0.322 e. The van der Waals surface area contributed by atoms with Crippen molar-refractivity contribution in [2.24, 2.45) is 0 Å². The van der Waals surface area contributed by atoms with Gasteiger partial charge in [0.1, 0.15) is 11.4 Å². The maximum atomic E-state index is 11.6. The Balaban J connectivity index is 2.71. The van der Waals surface area contributed by atoms with Crippen LogP contribution in [0.2, 0.25) is 0 Å². The van der Waals surface area contributed by atoms with Crippen molar-refractivity contribution in [1.29, 1.82) is 0 Å². The normalized spacial score (nSPS) is 10.1. The molecule has 1 amide bonds. The largest absolute Gasteiger partial charge is 0.480 e. The van der Waals surface area contributed by atoms with Crippen molar-refractivity contribution < 1.29 is 14.7 Å². The van der Waals surface area contributed by atoms with Gasteiger partial charge in [-0.2, -0.15) is 0 Å². The van der Waals surface area contributed by atoms with Crippen molar-refractivity contribution in [1.82, 2.24) is 10.3 Å². The van der Waals surface area contributed by atoms with Crippen LogP contribution in [0.15, 0.2) is 0 Å². The molecule has 1 aromatic rings. The van der Waals surface area contributed by atoms with Gasteiger partial charge in [0.15, 0.2) is 0 Å². The van der Waals surface area contributed by atoms with E-state index < -0.39 is 5.97 Å². The summed E-state index contributed by atoms with van der Waals surface area (Å²) in [6, 6.07) is 0. The van der Waals surface area contributed by atoms with Crippen LogP contribution in [0, 0.1) is 6.92 Å². The molecule has 0 unspecified atom stereocenters. The molecule has 0 fully saturated rings. The van der Waals surface area contributed by atoms with Gasteiger partial charge in [-0.15, -0.1) is 11.3 Å². The van der Waals surface area contributed by atoms with E-state index in [1.165, 1.54) is 11.3 Å². The van der Waals surface area contributed by atoms with Gasteiger partial charge < -0.3 is 10.4 Å². The number of carbonyl (C=O) groups is 2. The number of nitrogens with one attached hydrogen (secondary N) is 1. The number of rotatable bonds is 5. The zero-order valence-electron chi connectivity index (χ0n) is 9.24. The molecular formula is C10H14N2O3S. The standard InChI is InChI=1S/C10H14N2O3S/c1-3-4-7-12-6(2)9(16-7)10(15)11-5-8(13)14/h3-5H2,1-2H3,(H,11,15)(H,13,14). The van der Waals surface area contributed by atoms with Crippen LogP contribution in [0.25, 0.3) is 0 Å². The van der Waals surface area contributed by atoms with Gasteiger partial charge in [-0.3, -0.25) is 9.59 Å². The zero-order chi connectivity index (χ0) is 12.1. The molecule has 2 N–H and O–H groups in total. The van der Waals surface area contributed by atoms with Crippen molar-refractivity contribution in [2.75, 3.05) is 6.54 Å². The lowest BCUT2D eigenvalue weighted by molar-refractivity contribution is -0.135. The van der Waals surface area contributed by atoms with Crippen LogP contribution in [-0.2, 0) is 11.2 Å². The molecule has 0 saturated heterocycles. The van der Waals surface area contributed by atoms with Gasteiger partial charge >= 0.3 is 5.97 Å². The van der Waals surface area contributed by atoms with E-state index in [2.05, 4.69) is 10.3 Å². The summed E-state index contributed by atoms with van der Waals surface area (Å²) < 4.78 is 0. The molecule has 88 valence electrons. The Morgan fingerprint density at radius 1 is 1.50 bits per heavy atom. The Kier molecular flexibility index (Phi) is 4.42. The first kappa shape index (κ1) is 12.6. The first-order chi connectivity index (χ1) is 7.54. The number of aliphatic carboxylic acids is 1. The van der Waals surface area contributed by atoms with Gasteiger partial charge in [0.05, 0.1) is 10.7 Å². The molecule has 0 aromatic carbocycles. The second-order valence-corrected chi connectivity index (χ2v) is 4.43. The number of aromatic nitrogens is 1. The summed E-state index contributed by atoms with van der Waals surface area (Å²) in [5, 5.41) is 11.7. The Labute approximate surface area is 97.5 Å². The van der Waals surface area contributed by atoms with Crippen molar-refractivity contribution in [3.63, 3.8) is 0 Å². The number of thiazole rings is 1. The van der Waals surface area contributed by atoms with Crippen molar-refractivity contribution in [3.8, 4) is 0 Å². The van der Waals surface area contributed by atoms with Crippen LogP contribution in [0.1, 0.15) is 33.7 Å². The molecule has 1 heterocycles. The van der Waals surface area contributed by atoms with E-state index in [9.17, 15) is 9.59 Å². The van der Waals surface area contributed by atoms with E-state index in [0.29, 0.717) is 10.6 Å². The minimum absolute atomic E-state index is 0.361. The van der Waals surface area contributed by atoms with E-state index in [1.54, 1.807) is 6.92 Å². The molecule has 0 radical (unpaired) electrons. The Morgan fingerprint density at radius 2 is 2.19 bits per heavy atom. The predicted octanol–water partition coefficient (Wildman–Crippen LogP) is 1.22. The number of aryl methyl sites for hydroxylation is 2. The zero-order valence-corrected chi connectivity index (χ0v) is 10.1. The van der Waals surface area contributed by atoms with Crippen molar-refractivity contribution in [3.05, 3.63) is 15.6 Å². The van der Waals surface area contributed by atoms with Crippen LogP contribution in [0.5, 0.6) is 0 Å². The summed E-state index contributed by atoms with van der Waals surface area (Å²) >= 11 is 1.33. The molecule has 1 aromatic heterocycles. The molecule has 0 aliphatic carbocycles. The van der Waals surface area contributed by atoms with E-state index >= 15 is 0 Å². The van der Waals surface area contributed by atoms with E-state index in [0.717, 1.165) is 17.8 Å². The molecule has 0 aliphatic heterocycles. The molecule has 5 nitrogen and oxygen atoms in total. The number of hydrogen-bond donors (Lipinski definition) is 2. The first-order valence-corrected chi connectivity index (χ1v) is 5.82. The topological polar surface area (TPSA) is 79.3 Å². The number of carboxylic acids is 1. The number of carbonyl (C=O) groups excluding carboxylic acids is 1. The minimum Gasteiger partial charge on any atom is -0.480 e. The molecule has 16 heavy (non-hydrogen) atoms. The van der Waals surface area contributed by atoms with Gasteiger partial charge in [0.25, 0.3) is 5.91 Å². The van der Waals surface area contributed by atoms with Gasteiger partial charge in [-0.25, -0.2) is 4.98 Å². The third-order valence-corrected chi connectivity index (χ3v) is 3.13. The maximum Gasteiger partial charge on any atom is 0.322 e. The van der Waals surface area contributed by atoms with E-state index in [-0.39, 0.29) is 12.5 Å². The number of carboxylic acid groups (broad SMARTS) is 1. The second-order valence-electron chi connectivity index (χ2n) is 3.35. The predicted molar refractivity (Wildman–Crippen MR) is 60.8 cm³/mol. The van der Waals surface area contributed by atoms with Crippen molar-refractivity contribution >= 4 is 23.2 Å². The lowest BCUT2D eigenvalue weighted by atomic mass is 10.3. The summed E-state index contributed by atoms with van der Waals surface area (Å²) in [5.41, 5.74) is 0.663. The molecule has 0 saturated carbocycles. The molecule has 0 spiro atoms. The minimum atomic E-state index is -1.05. The first-order valence-electron chi connectivity index (χ1n) is 5.01. The lowest BCUT2D eigenvalue weighted by Gasteiger charge is -1.99. The fourth-order valence-electron chi connectivity index (χ4n) is 1.22. The third-order valence-electron chi connectivity index (χ3n) is 1.91. The van der Waals surface area contributed by atoms with E-state index in [4.69, 9.17) is 5.11 Å². The molecule has 6 heteroatoms. The maximum absolute atomic E-state index is 11.6. The highest BCUT2D eigenvalue weighted by molar-refractivity contribution is 7.13. The fourth-order valence-corrected chi connectivity index (χ4v) is 2.30. The fraction of sp³-hybridized carbons (Fsp3) is 0.500. The number of amides is 1. The Hall–Kier alpha value is -1.43. The summed E-state index contributed by atoms with van der Waals surface area (Å²) in [5.74, 6) is -1.41. The molecule has 0 aliphatic rings. The average molecular weight is 242 g/mol. The Morgan fingerprint density at radius 3 is 2.75 bits per heavy atom. The average Bonchev–Trinajstić information content (AvgIpc) is 2.56. The quantitative estimate of drug-likeness (QED) is 0.813. The van der Waals surface area contributed by atoms with Crippen molar-refractivity contribution in [2.45, 2.75) is 26.7 Å². The highest BCUT2D eigenvalue weighted by Gasteiger charge is 2.15. The molecule has 0 bridgehead atoms. The summed E-state index contributed by atoms with van der Waals surface area (Å²) in [6.07, 6.45) is 1.82. The van der Waals surface area contributed by atoms with Gasteiger partial charge in [0, 0.05) is 0 Å². The summed E-state index contributed by atoms with van der Waals surface area (Å²) in [6.45, 7) is 3.44. The van der Waals surface area contributed by atoms with Gasteiger partial charge in [0.2, 0.25) is 0 Å². The third kappa shape index (κ3) is 3.30. The SMILES string of the molecule is CCCc1nc(C)c(C(=O)NCC(=O)O)s1. The highest BCUT2D eigenvalue weighted by Crippen LogP contribution is 2.18. The Bertz CT molecular complexity index is 401. The molecule has 0 atom stereocenters. The molecular weight excluding hydrogens is 228 g/mol. The van der Waals surface area contributed by atoms with Crippen LogP contribution >= 0.6 is 11.3 Å². The monoisotopic (exact) mass is 242 g/mol. The van der Waals surface area contributed by atoms with Crippen LogP contribution in [-0.4, -0.2) is 28.5 Å². The van der Waals surface area contributed by atoms with Gasteiger partial charge in [-0.05, 0) is 19.8 Å². The van der Waals surface area contributed by atoms with Crippen LogP contribution < -0.4 is 5.32 Å². The van der Waals surface area contributed by atoms with Crippen LogP contribution in [0.4, 0.5) is 0 Å². The summed E-state index contributed by atoms with van der Waals surface area (Å²) in [4.78, 5) is 26.6.